The highest BCUT2D eigenvalue weighted by Gasteiger charge is 2.60. The Bertz CT molecular complexity index is 899. The van der Waals surface area contributed by atoms with Crippen LogP contribution in [0.25, 0.3) is 0 Å². The first-order chi connectivity index (χ1) is 15.7. The van der Waals surface area contributed by atoms with Crippen LogP contribution in [0.3, 0.4) is 0 Å². The van der Waals surface area contributed by atoms with Crippen LogP contribution in [0.1, 0.15) is 45.2 Å². The molecule has 0 radical (unpaired) electrons. The van der Waals surface area contributed by atoms with Crippen LogP contribution >= 0.6 is 0 Å². The molecule has 1 spiro atoms. The van der Waals surface area contributed by atoms with Crippen molar-refractivity contribution in [2.24, 2.45) is 17.3 Å². The van der Waals surface area contributed by atoms with Crippen LogP contribution in [0.5, 0.6) is 0 Å². The van der Waals surface area contributed by atoms with Crippen LogP contribution in [0, 0.1) is 17.3 Å². The number of amides is 1. The number of fused-ring (bicyclic) bond motifs is 1. The third-order valence-corrected chi connectivity index (χ3v) is 8.46. The van der Waals surface area contributed by atoms with Crippen molar-refractivity contribution in [3.05, 3.63) is 18.1 Å². The maximum atomic E-state index is 13.6. The largest absolute Gasteiger partial charge is 0.433 e. The van der Waals surface area contributed by atoms with Gasteiger partial charge in [0.05, 0.1) is 18.1 Å². The molecule has 4 fully saturated rings. The van der Waals surface area contributed by atoms with Gasteiger partial charge in [0.2, 0.25) is 5.91 Å². The van der Waals surface area contributed by atoms with Crippen molar-refractivity contribution in [3.63, 3.8) is 0 Å². The summed E-state index contributed by atoms with van der Waals surface area (Å²) >= 11 is 0. The third kappa shape index (κ3) is 3.99. The Kier molecular flexibility index (Phi) is 5.79. The Labute approximate surface area is 192 Å². The van der Waals surface area contributed by atoms with E-state index in [1.165, 1.54) is 0 Å². The van der Waals surface area contributed by atoms with E-state index in [1.807, 2.05) is 9.80 Å². The van der Waals surface area contributed by atoms with Gasteiger partial charge in [-0.3, -0.25) is 4.79 Å². The number of carbonyl (C=O) groups is 1. The van der Waals surface area contributed by atoms with Gasteiger partial charge in [-0.2, -0.15) is 13.2 Å². The summed E-state index contributed by atoms with van der Waals surface area (Å²) in [6.07, 6.45) is 0.132. The molecule has 1 amide bonds. The van der Waals surface area contributed by atoms with Crippen molar-refractivity contribution in [2.75, 3.05) is 37.7 Å². The van der Waals surface area contributed by atoms with Gasteiger partial charge in [-0.05, 0) is 37.5 Å². The third-order valence-electron chi connectivity index (χ3n) is 8.46. The minimum absolute atomic E-state index is 0.0173. The highest BCUT2D eigenvalue weighted by molar-refractivity contribution is 5.87. The molecular weight excluding hydrogens is 435 g/mol. The van der Waals surface area contributed by atoms with Gasteiger partial charge in [0.25, 0.3) is 0 Å². The van der Waals surface area contributed by atoms with Gasteiger partial charge in [-0.25, -0.2) is 9.97 Å². The van der Waals surface area contributed by atoms with E-state index < -0.39 is 11.9 Å². The van der Waals surface area contributed by atoms with E-state index in [0.717, 1.165) is 51.3 Å². The number of piperazine rings is 1. The molecule has 1 aliphatic carbocycles. The quantitative estimate of drug-likeness (QED) is 0.737. The fourth-order valence-electron chi connectivity index (χ4n) is 6.48. The number of nitrogens with zero attached hydrogens (tertiary/aromatic N) is 4. The normalized spacial score (nSPS) is 37.1. The molecule has 6 atom stereocenters. The molecule has 0 aromatic carbocycles. The van der Waals surface area contributed by atoms with Crippen LogP contribution in [-0.4, -0.2) is 71.7 Å². The summed E-state index contributed by atoms with van der Waals surface area (Å²) in [7, 11) is 0. The fourth-order valence-corrected chi connectivity index (χ4v) is 6.48. The van der Waals surface area contributed by atoms with Gasteiger partial charge < -0.3 is 19.9 Å². The zero-order valence-electron chi connectivity index (χ0n) is 19.1. The predicted molar refractivity (Wildman–Crippen MR) is 116 cm³/mol. The minimum Gasteiger partial charge on any atom is -0.381 e. The van der Waals surface area contributed by atoms with Crippen LogP contribution in [0.4, 0.5) is 19.0 Å². The summed E-state index contributed by atoms with van der Waals surface area (Å²) in [5, 5.41) is 3.81. The lowest BCUT2D eigenvalue weighted by molar-refractivity contribution is -0.141. The van der Waals surface area contributed by atoms with Crippen molar-refractivity contribution in [2.45, 2.75) is 63.8 Å². The molecule has 4 heterocycles. The maximum absolute atomic E-state index is 13.6. The molecular formula is C23H32F3N5O2. The number of carbonyl (C=O) groups excluding carboxylic acids is 1. The van der Waals surface area contributed by atoms with Gasteiger partial charge in [-0.1, -0.05) is 13.8 Å². The van der Waals surface area contributed by atoms with E-state index in [4.69, 9.17) is 4.74 Å². The summed E-state index contributed by atoms with van der Waals surface area (Å²) in [5.74, 6) is 1.09. The Balaban J connectivity index is 1.29. The molecule has 1 aromatic heterocycles. The molecule has 33 heavy (non-hydrogen) atoms. The number of hydrogen-bond acceptors (Lipinski definition) is 6. The van der Waals surface area contributed by atoms with Gasteiger partial charge in [0.1, 0.15) is 17.8 Å². The topological polar surface area (TPSA) is 70.6 Å². The molecule has 3 saturated heterocycles. The van der Waals surface area contributed by atoms with E-state index in [2.05, 4.69) is 29.1 Å². The molecule has 10 heteroatoms. The van der Waals surface area contributed by atoms with E-state index >= 15 is 0 Å². The number of rotatable bonds is 3. The summed E-state index contributed by atoms with van der Waals surface area (Å²) in [6.45, 7) is 7.38. The average Bonchev–Trinajstić information content (AvgIpc) is 3.31. The standard InChI is InChI=1S/C23H32F3N5O2/c1-14-12-33-8-4-17(14)29-16-3-5-22(10-16)15(2)18-11-30(6-7-31(18)21(22)32)20-9-19(23(24,25)26)27-13-28-20/h9,13-18,29H,3-8,10-12H2,1-2H3/t14?,15?,16-,17?,18?,22+/m1/s1. The molecule has 0 bridgehead atoms. The first kappa shape index (κ1) is 22.8. The summed E-state index contributed by atoms with van der Waals surface area (Å²) in [6, 6.07) is 1.73. The van der Waals surface area contributed by atoms with Crippen molar-refractivity contribution in [1.29, 1.82) is 0 Å². The number of hydrogen-bond donors (Lipinski definition) is 1. The molecule has 1 saturated carbocycles. The van der Waals surface area contributed by atoms with E-state index in [1.54, 1.807) is 0 Å². The Morgan fingerprint density at radius 3 is 2.79 bits per heavy atom. The van der Waals surface area contributed by atoms with Crippen LogP contribution in [0.15, 0.2) is 12.4 Å². The second kappa shape index (κ2) is 8.37. The smallest absolute Gasteiger partial charge is 0.381 e. The SMILES string of the molecule is CC1COCCC1N[C@@H]1CC[C@@]2(C1)C(=O)N1CCN(c3cc(C(F)(F)F)ncn3)CC1C2C. The van der Waals surface area contributed by atoms with Crippen LogP contribution < -0.4 is 10.2 Å². The molecule has 1 N–H and O–H groups in total. The number of aromatic nitrogens is 2. The molecule has 4 aliphatic rings. The summed E-state index contributed by atoms with van der Waals surface area (Å²) in [4.78, 5) is 24.9. The maximum Gasteiger partial charge on any atom is 0.433 e. The molecule has 5 rings (SSSR count). The first-order valence-electron chi connectivity index (χ1n) is 12.0. The van der Waals surface area contributed by atoms with Crippen molar-refractivity contribution >= 4 is 11.7 Å². The van der Waals surface area contributed by atoms with Gasteiger partial charge in [0, 0.05) is 44.4 Å². The fraction of sp³-hybridized carbons (Fsp3) is 0.783. The Morgan fingerprint density at radius 1 is 1.21 bits per heavy atom. The second-order valence-electron chi connectivity index (χ2n) is 10.3. The zero-order valence-corrected chi connectivity index (χ0v) is 19.1. The van der Waals surface area contributed by atoms with Gasteiger partial charge >= 0.3 is 6.18 Å². The molecule has 3 aliphatic heterocycles. The number of alkyl halides is 3. The second-order valence-corrected chi connectivity index (χ2v) is 10.3. The van der Waals surface area contributed by atoms with Gasteiger partial charge in [0.15, 0.2) is 0 Å². The van der Waals surface area contributed by atoms with E-state index in [0.29, 0.717) is 37.6 Å². The van der Waals surface area contributed by atoms with Crippen molar-refractivity contribution in [1.82, 2.24) is 20.2 Å². The lowest BCUT2D eigenvalue weighted by Gasteiger charge is -2.39. The van der Waals surface area contributed by atoms with Crippen molar-refractivity contribution in [3.8, 4) is 0 Å². The van der Waals surface area contributed by atoms with Crippen molar-refractivity contribution < 1.29 is 22.7 Å². The Hall–Kier alpha value is -1.94. The molecule has 182 valence electrons. The van der Waals surface area contributed by atoms with Gasteiger partial charge in [-0.15, -0.1) is 0 Å². The van der Waals surface area contributed by atoms with E-state index in [-0.39, 0.29) is 29.1 Å². The summed E-state index contributed by atoms with van der Waals surface area (Å²) < 4.78 is 44.9. The molecule has 4 unspecified atom stereocenters. The van der Waals surface area contributed by atoms with E-state index in [9.17, 15) is 18.0 Å². The number of halogens is 3. The highest BCUT2D eigenvalue weighted by atomic mass is 19.4. The number of nitrogens with one attached hydrogen (secondary N) is 1. The molecule has 7 nitrogen and oxygen atoms in total. The number of ether oxygens (including phenoxy) is 1. The summed E-state index contributed by atoms with van der Waals surface area (Å²) in [5.41, 5.74) is -1.32. The van der Waals surface area contributed by atoms with Crippen LogP contribution in [0.2, 0.25) is 0 Å². The number of anilines is 1. The lowest BCUT2D eigenvalue weighted by atomic mass is 9.74. The molecule has 1 aromatic rings. The lowest BCUT2D eigenvalue weighted by Crippen LogP contribution is -2.53. The monoisotopic (exact) mass is 467 g/mol. The predicted octanol–water partition coefficient (Wildman–Crippen LogP) is 2.72. The Morgan fingerprint density at radius 2 is 2.03 bits per heavy atom. The zero-order chi connectivity index (χ0) is 23.4. The highest BCUT2D eigenvalue weighted by Crippen LogP contribution is 2.53. The minimum atomic E-state index is -4.51. The van der Waals surface area contributed by atoms with Crippen LogP contribution in [-0.2, 0) is 15.7 Å². The average molecular weight is 468 g/mol. The first-order valence-corrected chi connectivity index (χ1v) is 12.0.